The molecule has 0 saturated heterocycles. The van der Waals surface area contributed by atoms with Crippen molar-refractivity contribution in [3.05, 3.63) is 63.4 Å². The summed E-state index contributed by atoms with van der Waals surface area (Å²) < 4.78 is 5.60. The second-order valence-electron chi connectivity index (χ2n) is 6.23. The number of hydrogen-bond acceptors (Lipinski definition) is 5. The summed E-state index contributed by atoms with van der Waals surface area (Å²) in [6, 6.07) is 10.1. The van der Waals surface area contributed by atoms with Gasteiger partial charge in [-0.1, -0.05) is 18.2 Å². The number of aromatic nitrogens is 1. The smallest absolute Gasteiger partial charge is 0.263 e. The van der Waals surface area contributed by atoms with E-state index in [1.807, 2.05) is 26.0 Å². The molecule has 128 valence electrons. The van der Waals surface area contributed by atoms with Crippen LogP contribution in [0.1, 0.15) is 37.8 Å². The summed E-state index contributed by atoms with van der Waals surface area (Å²) >= 11 is 1.36. The van der Waals surface area contributed by atoms with Crippen molar-refractivity contribution in [2.45, 2.75) is 33.5 Å². The Kier molecular flexibility index (Phi) is 4.15. The zero-order valence-corrected chi connectivity index (χ0v) is 15.0. The molecule has 0 unspecified atom stereocenters. The number of carbonyl (C=O) groups is 1. The van der Waals surface area contributed by atoms with Gasteiger partial charge in [0, 0.05) is 19.6 Å². The van der Waals surface area contributed by atoms with Gasteiger partial charge in [-0.3, -0.25) is 4.79 Å². The lowest BCUT2D eigenvalue weighted by Gasteiger charge is -2.06. The van der Waals surface area contributed by atoms with Gasteiger partial charge in [0.25, 0.3) is 5.91 Å². The van der Waals surface area contributed by atoms with Crippen LogP contribution < -0.4 is 10.6 Å². The molecule has 5 nitrogen and oxygen atoms in total. The van der Waals surface area contributed by atoms with Crippen molar-refractivity contribution >= 4 is 17.2 Å². The SMILES string of the molecule is Cc1ccc(-c2nc(C)c(C(=O)NCc3ccc4c(c3)CNC4)s2)o1. The van der Waals surface area contributed by atoms with E-state index in [4.69, 9.17) is 4.42 Å². The molecule has 2 aromatic heterocycles. The third-order valence-electron chi connectivity index (χ3n) is 4.31. The summed E-state index contributed by atoms with van der Waals surface area (Å²) in [5.41, 5.74) is 4.49. The number of thiazole rings is 1. The van der Waals surface area contributed by atoms with E-state index in [1.165, 1.54) is 22.5 Å². The summed E-state index contributed by atoms with van der Waals surface area (Å²) in [6.45, 7) is 6.09. The highest BCUT2D eigenvalue weighted by atomic mass is 32.1. The predicted molar refractivity (Wildman–Crippen MR) is 97.4 cm³/mol. The number of rotatable bonds is 4. The standard InChI is InChI=1S/C19H19N3O2S/c1-11-3-6-16(24-11)19-22-12(2)17(25-19)18(23)21-8-13-4-5-14-9-20-10-15(14)7-13/h3-7,20H,8-10H2,1-2H3,(H,21,23). The number of furan rings is 1. The van der Waals surface area contributed by atoms with E-state index < -0.39 is 0 Å². The number of fused-ring (bicyclic) bond motifs is 1. The molecule has 3 aromatic rings. The lowest BCUT2D eigenvalue weighted by Crippen LogP contribution is -2.22. The molecule has 1 aliphatic heterocycles. The van der Waals surface area contributed by atoms with Gasteiger partial charge in [0.1, 0.15) is 10.6 Å². The van der Waals surface area contributed by atoms with Crippen molar-refractivity contribution < 1.29 is 9.21 Å². The Labute approximate surface area is 150 Å². The number of benzene rings is 1. The zero-order chi connectivity index (χ0) is 17.4. The quantitative estimate of drug-likeness (QED) is 0.753. The maximum absolute atomic E-state index is 12.5. The molecule has 1 aromatic carbocycles. The van der Waals surface area contributed by atoms with Crippen molar-refractivity contribution in [1.82, 2.24) is 15.6 Å². The fraction of sp³-hybridized carbons (Fsp3) is 0.263. The summed E-state index contributed by atoms with van der Waals surface area (Å²) in [4.78, 5) is 17.6. The minimum Gasteiger partial charge on any atom is -0.459 e. The lowest BCUT2D eigenvalue weighted by molar-refractivity contribution is 0.0954. The number of amides is 1. The van der Waals surface area contributed by atoms with Crippen molar-refractivity contribution in [2.75, 3.05) is 0 Å². The Morgan fingerprint density at radius 2 is 2.08 bits per heavy atom. The molecule has 0 saturated carbocycles. The number of nitrogens with zero attached hydrogens (tertiary/aromatic N) is 1. The molecule has 0 fully saturated rings. The lowest BCUT2D eigenvalue weighted by atomic mass is 10.1. The first-order valence-corrected chi connectivity index (χ1v) is 9.05. The van der Waals surface area contributed by atoms with Crippen molar-refractivity contribution in [3.63, 3.8) is 0 Å². The highest BCUT2D eigenvalue weighted by Gasteiger charge is 2.18. The highest BCUT2D eigenvalue weighted by molar-refractivity contribution is 7.17. The molecule has 0 aliphatic carbocycles. The van der Waals surface area contributed by atoms with Crippen LogP contribution in [0.4, 0.5) is 0 Å². The van der Waals surface area contributed by atoms with E-state index in [0.717, 1.165) is 35.1 Å². The molecule has 1 amide bonds. The molecule has 0 spiro atoms. The van der Waals surface area contributed by atoms with Crippen LogP contribution in [0.5, 0.6) is 0 Å². The van der Waals surface area contributed by atoms with E-state index in [1.54, 1.807) is 0 Å². The molecule has 1 aliphatic rings. The molecule has 0 atom stereocenters. The molecule has 2 N–H and O–H groups in total. The Hall–Kier alpha value is -2.44. The summed E-state index contributed by atoms with van der Waals surface area (Å²) in [5, 5.41) is 7.06. The Morgan fingerprint density at radius 3 is 2.88 bits per heavy atom. The van der Waals surface area contributed by atoms with Crippen LogP contribution in [0, 0.1) is 13.8 Å². The molecule has 0 radical (unpaired) electrons. The second kappa shape index (κ2) is 6.46. The second-order valence-corrected chi connectivity index (χ2v) is 7.23. The van der Waals surface area contributed by atoms with E-state index in [0.29, 0.717) is 17.2 Å². The van der Waals surface area contributed by atoms with Crippen LogP contribution in [0.15, 0.2) is 34.7 Å². The summed E-state index contributed by atoms with van der Waals surface area (Å²) in [6.07, 6.45) is 0. The topological polar surface area (TPSA) is 67.2 Å². The van der Waals surface area contributed by atoms with Gasteiger partial charge in [0.2, 0.25) is 0 Å². The van der Waals surface area contributed by atoms with Crippen molar-refractivity contribution in [3.8, 4) is 10.8 Å². The van der Waals surface area contributed by atoms with E-state index in [-0.39, 0.29) is 5.91 Å². The van der Waals surface area contributed by atoms with E-state index in [2.05, 4.69) is 33.8 Å². The number of hydrogen-bond donors (Lipinski definition) is 2. The Bertz CT molecular complexity index is 942. The molecule has 6 heteroatoms. The maximum atomic E-state index is 12.5. The largest absolute Gasteiger partial charge is 0.459 e. The first-order valence-electron chi connectivity index (χ1n) is 8.24. The van der Waals surface area contributed by atoms with Crippen LogP contribution in [0.3, 0.4) is 0 Å². The van der Waals surface area contributed by atoms with Gasteiger partial charge in [-0.25, -0.2) is 4.98 Å². The Balaban J connectivity index is 1.47. The minimum absolute atomic E-state index is 0.0943. The van der Waals surface area contributed by atoms with Crippen LogP contribution in [0.25, 0.3) is 10.8 Å². The van der Waals surface area contributed by atoms with Crippen molar-refractivity contribution in [2.24, 2.45) is 0 Å². The average molecular weight is 353 g/mol. The molecular formula is C19H19N3O2S. The molecule has 25 heavy (non-hydrogen) atoms. The summed E-state index contributed by atoms with van der Waals surface area (Å²) in [7, 11) is 0. The Morgan fingerprint density at radius 1 is 1.24 bits per heavy atom. The highest BCUT2D eigenvalue weighted by Crippen LogP contribution is 2.29. The van der Waals surface area contributed by atoms with E-state index in [9.17, 15) is 4.79 Å². The number of carbonyl (C=O) groups excluding carboxylic acids is 1. The van der Waals surface area contributed by atoms with Gasteiger partial charge in [0.05, 0.1) is 5.69 Å². The number of aryl methyl sites for hydroxylation is 2. The maximum Gasteiger partial charge on any atom is 0.263 e. The zero-order valence-electron chi connectivity index (χ0n) is 14.2. The molecular weight excluding hydrogens is 334 g/mol. The fourth-order valence-corrected chi connectivity index (χ4v) is 3.93. The molecule has 3 heterocycles. The first-order chi connectivity index (χ1) is 12.1. The number of nitrogens with one attached hydrogen (secondary N) is 2. The van der Waals surface area contributed by atoms with Crippen LogP contribution in [-0.4, -0.2) is 10.9 Å². The third kappa shape index (κ3) is 3.23. The van der Waals surface area contributed by atoms with Gasteiger partial charge in [0.15, 0.2) is 10.8 Å². The third-order valence-corrected chi connectivity index (χ3v) is 5.48. The predicted octanol–water partition coefficient (Wildman–Crippen LogP) is 3.55. The van der Waals surface area contributed by atoms with Gasteiger partial charge < -0.3 is 15.1 Å². The minimum atomic E-state index is -0.0943. The normalized spacial score (nSPS) is 13.0. The monoisotopic (exact) mass is 353 g/mol. The fourth-order valence-electron chi connectivity index (χ4n) is 2.98. The van der Waals surface area contributed by atoms with Gasteiger partial charge in [-0.2, -0.15) is 0 Å². The first kappa shape index (κ1) is 16.1. The molecule has 4 rings (SSSR count). The van der Waals surface area contributed by atoms with Crippen LogP contribution in [0.2, 0.25) is 0 Å². The van der Waals surface area contributed by atoms with Crippen molar-refractivity contribution in [1.29, 1.82) is 0 Å². The summed E-state index contributed by atoms with van der Waals surface area (Å²) in [5.74, 6) is 1.44. The van der Waals surface area contributed by atoms with Gasteiger partial charge >= 0.3 is 0 Å². The average Bonchev–Trinajstić information content (AvgIpc) is 3.31. The van der Waals surface area contributed by atoms with Gasteiger partial charge in [-0.15, -0.1) is 11.3 Å². The molecule has 0 bridgehead atoms. The van der Waals surface area contributed by atoms with Crippen LogP contribution in [-0.2, 0) is 19.6 Å². The van der Waals surface area contributed by atoms with Crippen LogP contribution >= 0.6 is 11.3 Å². The van der Waals surface area contributed by atoms with E-state index >= 15 is 0 Å². The van der Waals surface area contributed by atoms with Gasteiger partial charge in [-0.05, 0) is 42.7 Å².